The van der Waals surface area contributed by atoms with Crippen molar-refractivity contribution in [3.05, 3.63) is 56.6 Å². The second-order valence-corrected chi connectivity index (χ2v) is 7.62. The normalized spacial score (nSPS) is 15.9. The van der Waals surface area contributed by atoms with E-state index in [-0.39, 0.29) is 17.7 Å². The lowest BCUT2D eigenvalue weighted by atomic mass is 10.2. The van der Waals surface area contributed by atoms with Crippen molar-refractivity contribution in [3.63, 3.8) is 0 Å². The van der Waals surface area contributed by atoms with E-state index in [1.54, 1.807) is 30.3 Å². The van der Waals surface area contributed by atoms with Gasteiger partial charge in [0.25, 0.3) is 11.1 Å². The average molecular weight is 425 g/mol. The van der Waals surface area contributed by atoms with Crippen LogP contribution in [-0.4, -0.2) is 29.1 Å². The van der Waals surface area contributed by atoms with Crippen molar-refractivity contribution in [2.45, 2.75) is 20.4 Å². The Morgan fingerprint density at radius 1 is 1.11 bits per heavy atom. The average Bonchev–Trinajstić information content (AvgIpc) is 3.19. The summed E-state index contributed by atoms with van der Waals surface area (Å²) in [6.45, 7) is 5.74. The van der Waals surface area contributed by atoms with E-state index >= 15 is 0 Å². The van der Waals surface area contributed by atoms with Gasteiger partial charge in [-0.3, -0.25) is 14.5 Å². The molecule has 1 aromatic carbocycles. The van der Waals surface area contributed by atoms with Crippen LogP contribution in [0.25, 0.3) is 6.08 Å². The molecule has 27 heavy (non-hydrogen) atoms. The Hall–Kier alpha value is -1.89. The van der Waals surface area contributed by atoms with Gasteiger partial charge >= 0.3 is 0 Å². The van der Waals surface area contributed by atoms with E-state index < -0.39 is 0 Å². The first kappa shape index (κ1) is 19.9. The highest BCUT2D eigenvalue weighted by atomic mass is 35.5. The summed E-state index contributed by atoms with van der Waals surface area (Å²) in [5.41, 5.74) is 0.547. The van der Waals surface area contributed by atoms with Crippen molar-refractivity contribution in [2.24, 2.45) is 0 Å². The number of halogens is 2. The van der Waals surface area contributed by atoms with Crippen molar-refractivity contribution in [1.29, 1.82) is 0 Å². The molecule has 5 nitrogen and oxygen atoms in total. The van der Waals surface area contributed by atoms with Gasteiger partial charge in [0.05, 0.1) is 11.4 Å². The summed E-state index contributed by atoms with van der Waals surface area (Å²) < 4.78 is 5.78. The number of thioether (sulfide) groups is 1. The fourth-order valence-corrected chi connectivity index (χ4v) is 4.07. The first-order chi connectivity index (χ1) is 12.9. The molecule has 0 atom stereocenters. The fraction of sp³-hybridized carbons (Fsp3) is 0.263. The topological polar surface area (TPSA) is 53.8 Å². The van der Waals surface area contributed by atoms with Crippen LogP contribution in [0.2, 0.25) is 10.0 Å². The molecule has 1 fully saturated rings. The minimum absolute atomic E-state index is 0.0311. The van der Waals surface area contributed by atoms with E-state index in [2.05, 4.69) is 4.90 Å². The van der Waals surface area contributed by atoms with Crippen LogP contribution in [-0.2, 0) is 11.3 Å². The first-order valence-corrected chi connectivity index (χ1v) is 10.0. The van der Waals surface area contributed by atoms with Gasteiger partial charge in [0.15, 0.2) is 5.88 Å². The number of anilines is 1. The van der Waals surface area contributed by atoms with Gasteiger partial charge in [-0.05, 0) is 43.8 Å². The van der Waals surface area contributed by atoms with E-state index in [1.165, 1.54) is 0 Å². The minimum Gasteiger partial charge on any atom is -0.441 e. The molecule has 0 bridgehead atoms. The molecule has 0 N–H and O–H groups in total. The van der Waals surface area contributed by atoms with E-state index in [4.69, 9.17) is 27.6 Å². The summed E-state index contributed by atoms with van der Waals surface area (Å²) in [4.78, 5) is 28.5. The van der Waals surface area contributed by atoms with Crippen molar-refractivity contribution < 1.29 is 14.0 Å². The predicted molar refractivity (Wildman–Crippen MR) is 110 cm³/mol. The van der Waals surface area contributed by atoms with Crippen LogP contribution in [0, 0.1) is 0 Å². The van der Waals surface area contributed by atoms with Crippen LogP contribution >= 0.6 is 35.0 Å². The van der Waals surface area contributed by atoms with Crippen molar-refractivity contribution >= 4 is 58.1 Å². The van der Waals surface area contributed by atoms with Gasteiger partial charge in [-0.2, -0.15) is 0 Å². The molecule has 2 amide bonds. The zero-order valence-electron chi connectivity index (χ0n) is 14.9. The van der Waals surface area contributed by atoms with E-state index in [0.717, 1.165) is 35.6 Å². The summed E-state index contributed by atoms with van der Waals surface area (Å²) in [6.07, 6.45) is 1.59. The highest BCUT2D eigenvalue weighted by Gasteiger charge is 2.36. The number of carbonyl (C=O) groups is 2. The second-order valence-electron chi connectivity index (χ2n) is 5.82. The van der Waals surface area contributed by atoms with Crippen molar-refractivity contribution in [2.75, 3.05) is 18.0 Å². The lowest BCUT2D eigenvalue weighted by molar-refractivity contribution is -0.123. The Morgan fingerprint density at radius 3 is 2.41 bits per heavy atom. The number of carbonyl (C=O) groups excluding carboxylic acids is 2. The third-order valence-corrected chi connectivity index (χ3v) is 5.83. The number of hydrogen-bond acceptors (Lipinski definition) is 5. The van der Waals surface area contributed by atoms with Gasteiger partial charge < -0.3 is 9.32 Å². The molecular formula is C19H18Cl2N2O3S. The lowest BCUT2D eigenvalue weighted by Gasteiger charge is -2.16. The van der Waals surface area contributed by atoms with E-state index in [1.807, 2.05) is 19.9 Å². The van der Waals surface area contributed by atoms with Crippen LogP contribution in [0.15, 0.2) is 39.7 Å². The molecule has 1 saturated heterocycles. The van der Waals surface area contributed by atoms with Gasteiger partial charge in [0, 0.05) is 40.8 Å². The maximum atomic E-state index is 12.7. The quantitative estimate of drug-likeness (QED) is 0.559. The highest BCUT2D eigenvalue weighted by Crippen LogP contribution is 2.36. The SMILES string of the molecule is CCN(CC)c1ccc(/C=C2\SC(=O)N(Cc3c(Cl)cccc3Cl)C2=O)o1. The number of imide groups is 1. The third-order valence-electron chi connectivity index (χ3n) is 4.21. The van der Waals surface area contributed by atoms with Crippen LogP contribution < -0.4 is 4.90 Å². The zero-order chi connectivity index (χ0) is 19.6. The number of rotatable bonds is 6. The number of benzene rings is 1. The molecule has 0 radical (unpaired) electrons. The Balaban J connectivity index is 1.81. The van der Waals surface area contributed by atoms with Gasteiger partial charge in [-0.25, -0.2) is 0 Å². The summed E-state index contributed by atoms with van der Waals surface area (Å²) in [7, 11) is 0. The Bertz CT molecular complexity index is 886. The molecule has 0 unspecified atom stereocenters. The number of nitrogens with zero attached hydrogens (tertiary/aromatic N) is 2. The van der Waals surface area contributed by atoms with Crippen molar-refractivity contribution in [1.82, 2.24) is 4.90 Å². The summed E-state index contributed by atoms with van der Waals surface area (Å²) in [5.74, 6) is 0.869. The molecule has 2 aromatic rings. The smallest absolute Gasteiger partial charge is 0.293 e. The largest absolute Gasteiger partial charge is 0.441 e. The number of hydrogen-bond donors (Lipinski definition) is 0. The predicted octanol–water partition coefficient (Wildman–Crippen LogP) is 5.67. The van der Waals surface area contributed by atoms with Crippen LogP contribution in [0.5, 0.6) is 0 Å². The van der Waals surface area contributed by atoms with E-state index in [9.17, 15) is 9.59 Å². The van der Waals surface area contributed by atoms with Gasteiger partial charge in [0.1, 0.15) is 5.76 Å². The standard InChI is InChI=1S/C19H18Cl2N2O3S/c1-3-22(4-2)17-9-8-12(26-17)10-16-18(24)23(19(25)27-16)11-13-14(20)6-5-7-15(13)21/h5-10H,3-4,11H2,1-2H3/b16-10-. The van der Waals surface area contributed by atoms with Crippen LogP contribution in [0.4, 0.5) is 10.7 Å². The maximum absolute atomic E-state index is 12.7. The fourth-order valence-electron chi connectivity index (χ4n) is 2.73. The summed E-state index contributed by atoms with van der Waals surface area (Å²) in [5, 5.41) is 0.471. The van der Waals surface area contributed by atoms with Crippen molar-refractivity contribution in [3.8, 4) is 0 Å². The minimum atomic E-state index is -0.387. The van der Waals surface area contributed by atoms with Gasteiger partial charge in [-0.1, -0.05) is 29.3 Å². The molecule has 8 heteroatoms. The Morgan fingerprint density at radius 2 is 1.78 bits per heavy atom. The molecule has 1 aromatic heterocycles. The zero-order valence-corrected chi connectivity index (χ0v) is 17.2. The van der Waals surface area contributed by atoms with Crippen LogP contribution in [0.1, 0.15) is 25.2 Å². The molecule has 142 valence electrons. The Kier molecular flexibility index (Phi) is 6.19. The third kappa shape index (κ3) is 4.18. The first-order valence-electron chi connectivity index (χ1n) is 8.47. The van der Waals surface area contributed by atoms with Gasteiger partial charge in [-0.15, -0.1) is 0 Å². The second kappa shape index (κ2) is 8.42. The molecule has 3 rings (SSSR count). The highest BCUT2D eigenvalue weighted by molar-refractivity contribution is 8.18. The summed E-state index contributed by atoms with van der Waals surface area (Å²) in [6, 6.07) is 8.70. The number of amides is 2. The molecular weight excluding hydrogens is 407 g/mol. The maximum Gasteiger partial charge on any atom is 0.293 e. The lowest BCUT2D eigenvalue weighted by Crippen LogP contribution is -2.27. The molecule has 0 aliphatic carbocycles. The Labute approximate surface area is 171 Å². The molecule has 2 heterocycles. The van der Waals surface area contributed by atoms with Crippen LogP contribution in [0.3, 0.4) is 0 Å². The van der Waals surface area contributed by atoms with E-state index in [0.29, 0.717) is 26.3 Å². The van der Waals surface area contributed by atoms with Gasteiger partial charge in [0.2, 0.25) is 0 Å². The molecule has 0 spiro atoms. The molecule has 1 aliphatic rings. The monoisotopic (exact) mass is 424 g/mol. The summed E-state index contributed by atoms with van der Waals surface area (Å²) >= 11 is 13.2. The molecule has 1 aliphatic heterocycles. The number of furan rings is 1. The molecule has 0 saturated carbocycles.